The van der Waals surface area contributed by atoms with Gasteiger partial charge in [-0.2, -0.15) is 0 Å². The quantitative estimate of drug-likeness (QED) is 0.452. The van der Waals surface area contributed by atoms with Gasteiger partial charge in [0.05, 0.1) is 13.3 Å². The fourth-order valence-corrected chi connectivity index (χ4v) is 4.61. The van der Waals surface area contributed by atoms with Gasteiger partial charge in [-0.25, -0.2) is 4.39 Å². The van der Waals surface area contributed by atoms with E-state index in [4.69, 9.17) is 27.9 Å². The van der Waals surface area contributed by atoms with Crippen molar-refractivity contribution in [3.8, 4) is 5.75 Å². The van der Waals surface area contributed by atoms with Gasteiger partial charge < -0.3 is 4.74 Å². The minimum Gasteiger partial charge on any atom is -0.497 e. The van der Waals surface area contributed by atoms with Crippen LogP contribution in [0, 0.1) is 5.82 Å². The molecular weight excluding hydrogens is 422 g/mol. The molecular formula is C24H23Cl2FN2O. The Balaban J connectivity index is 1.66. The van der Waals surface area contributed by atoms with E-state index in [2.05, 4.69) is 15.9 Å². The molecule has 0 aliphatic carbocycles. The predicted molar refractivity (Wildman–Crippen MR) is 119 cm³/mol. The van der Waals surface area contributed by atoms with Crippen molar-refractivity contribution in [3.63, 3.8) is 0 Å². The largest absolute Gasteiger partial charge is 0.497 e. The van der Waals surface area contributed by atoms with E-state index < -0.39 is 0 Å². The van der Waals surface area contributed by atoms with Gasteiger partial charge in [-0.3, -0.25) is 9.80 Å². The van der Waals surface area contributed by atoms with Gasteiger partial charge in [-0.05, 0) is 47.5 Å². The molecule has 1 aliphatic heterocycles. The Morgan fingerprint density at radius 2 is 1.47 bits per heavy atom. The fraction of sp³-hybridized carbons (Fsp3) is 0.250. The zero-order valence-corrected chi connectivity index (χ0v) is 18.2. The Morgan fingerprint density at radius 3 is 2.10 bits per heavy atom. The molecule has 1 aliphatic rings. The number of halogens is 3. The zero-order valence-electron chi connectivity index (χ0n) is 16.7. The van der Waals surface area contributed by atoms with Crippen LogP contribution in [-0.2, 0) is 13.1 Å². The first kappa shape index (κ1) is 21.1. The number of rotatable bonds is 6. The molecule has 0 bridgehead atoms. The molecule has 0 unspecified atom stereocenters. The molecule has 3 nitrogen and oxygen atoms in total. The summed E-state index contributed by atoms with van der Waals surface area (Å²) in [5.41, 5.74) is 3.11. The number of ether oxygens (including phenoxy) is 1. The summed E-state index contributed by atoms with van der Waals surface area (Å²) in [7, 11) is 1.67. The molecule has 0 amide bonds. The van der Waals surface area contributed by atoms with Crippen molar-refractivity contribution in [3.05, 3.63) is 99.3 Å². The van der Waals surface area contributed by atoms with Crippen LogP contribution in [0.1, 0.15) is 22.9 Å². The predicted octanol–water partition coefficient (Wildman–Crippen LogP) is 6.16. The number of hydrogen-bond acceptors (Lipinski definition) is 3. The van der Waals surface area contributed by atoms with Gasteiger partial charge in [0.15, 0.2) is 0 Å². The van der Waals surface area contributed by atoms with Crippen molar-refractivity contribution in [2.45, 2.75) is 19.3 Å². The molecule has 4 rings (SSSR count). The normalized spacial score (nSPS) is 17.4. The Labute approximate surface area is 186 Å². The van der Waals surface area contributed by atoms with Crippen LogP contribution in [0.4, 0.5) is 4.39 Å². The van der Waals surface area contributed by atoms with Gasteiger partial charge in [0.1, 0.15) is 11.6 Å². The van der Waals surface area contributed by atoms with E-state index in [1.54, 1.807) is 7.11 Å². The monoisotopic (exact) mass is 444 g/mol. The van der Waals surface area contributed by atoms with Crippen LogP contribution in [0.2, 0.25) is 10.0 Å². The summed E-state index contributed by atoms with van der Waals surface area (Å²) in [6, 6.07) is 20.3. The van der Waals surface area contributed by atoms with Crippen molar-refractivity contribution in [1.82, 2.24) is 9.80 Å². The lowest BCUT2D eigenvalue weighted by molar-refractivity contribution is 0.126. The molecule has 3 aromatic carbocycles. The van der Waals surface area contributed by atoms with E-state index in [0.717, 1.165) is 42.1 Å². The van der Waals surface area contributed by atoms with Crippen LogP contribution in [0.3, 0.4) is 0 Å². The smallest absolute Gasteiger partial charge is 0.123 e. The highest BCUT2D eigenvalue weighted by Gasteiger charge is 2.35. The van der Waals surface area contributed by atoms with E-state index in [1.807, 2.05) is 48.5 Å². The summed E-state index contributed by atoms with van der Waals surface area (Å²) in [4.78, 5) is 4.70. The van der Waals surface area contributed by atoms with Gasteiger partial charge in [0.25, 0.3) is 0 Å². The molecule has 156 valence electrons. The summed E-state index contributed by atoms with van der Waals surface area (Å²) in [6.07, 6.45) is -0.0811. The molecule has 0 saturated carbocycles. The van der Waals surface area contributed by atoms with Crippen LogP contribution in [0.5, 0.6) is 5.75 Å². The lowest BCUT2D eigenvalue weighted by Gasteiger charge is -2.32. The first-order valence-electron chi connectivity index (χ1n) is 9.84. The molecule has 3 aromatic rings. The van der Waals surface area contributed by atoms with Crippen LogP contribution < -0.4 is 4.74 Å². The summed E-state index contributed by atoms with van der Waals surface area (Å²) in [6.45, 7) is 3.14. The van der Waals surface area contributed by atoms with Crippen molar-refractivity contribution < 1.29 is 9.13 Å². The highest BCUT2D eigenvalue weighted by atomic mass is 35.5. The van der Waals surface area contributed by atoms with Gasteiger partial charge in [0, 0.05) is 41.8 Å². The van der Waals surface area contributed by atoms with E-state index in [1.165, 1.54) is 12.1 Å². The minimum absolute atomic E-state index is 0.0811. The lowest BCUT2D eigenvalue weighted by atomic mass is 10.1. The molecule has 0 spiro atoms. The summed E-state index contributed by atoms with van der Waals surface area (Å²) in [5.74, 6) is 0.604. The zero-order chi connectivity index (χ0) is 21.1. The lowest BCUT2D eigenvalue weighted by Crippen LogP contribution is -2.31. The van der Waals surface area contributed by atoms with Crippen molar-refractivity contribution >= 4 is 23.2 Å². The Hall–Kier alpha value is -2.11. The van der Waals surface area contributed by atoms with Gasteiger partial charge >= 0.3 is 0 Å². The number of nitrogens with zero attached hydrogens (tertiary/aromatic N) is 2. The highest BCUT2D eigenvalue weighted by Crippen LogP contribution is 2.40. The van der Waals surface area contributed by atoms with E-state index in [0.29, 0.717) is 16.6 Å². The third kappa shape index (κ3) is 4.62. The molecule has 1 fully saturated rings. The SMILES string of the molecule is COc1cccc(CN2CCN(Cc3ccc(F)cc3)[C@H]2c2c(Cl)cccc2Cl)c1. The Morgan fingerprint density at radius 1 is 0.867 bits per heavy atom. The molecule has 0 aromatic heterocycles. The maximum Gasteiger partial charge on any atom is 0.123 e. The molecule has 0 N–H and O–H groups in total. The van der Waals surface area contributed by atoms with Crippen LogP contribution in [0.25, 0.3) is 0 Å². The third-order valence-electron chi connectivity index (χ3n) is 5.44. The van der Waals surface area contributed by atoms with Crippen molar-refractivity contribution in [1.29, 1.82) is 0 Å². The second kappa shape index (κ2) is 9.36. The molecule has 1 heterocycles. The highest BCUT2D eigenvalue weighted by molar-refractivity contribution is 6.36. The number of hydrogen-bond donors (Lipinski definition) is 0. The van der Waals surface area contributed by atoms with Crippen molar-refractivity contribution in [2.24, 2.45) is 0 Å². The number of methoxy groups -OCH3 is 1. The first-order valence-corrected chi connectivity index (χ1v) is 10.6. The maximum absolute atomic E-state index is 13.3. The molecule has 0 radical (unpaired) electrons. The Bertz CT molecular complexity index is 992. The van der Waals surface area contributed by atoms with Crippen LogP contribution >= 0.6 is 23.2 Å². The van der Waals surface area contributed by atoms with Crippen LogP contribution in [-0.4, -0.2) is 30.0 Å². The molecule has 1 saturated heterocycles. The van der Waals surface area contributed by atoms with Gasteiger partial charge in [0.2, 0.25) is 0 Å². The molecule has 6 heteroatoms. The van der Waals surface area contributed by atoms with Gasteiger partial charge in [-0.15, -0.1) is 0 Å². The maximum atomic E-state index is 13.3. The van der Waals surface area contributed by atoms with E-state index >= 15 is 0 Å². The summed E-state index contributed by atoms with van der Waals surface area (Å²) < 4.78 is 18.7. The standard InChI is InChI=1S/C24H23Cl2FN2O/c1-30-20-5-2-4-18(14-20)16-29-13-12-28(15-17-8-10-19(27)11-9-17)24(29)23-21(25)6-3-7-22(23)26/h2-11,14,24H,12-13,15-16H2,1H3/t24-/m1/s1. The number of benzene rings is 3. The van der Waals surface area contributed by atoms with Crippen molar-refractivity contribution in [2.75, 3.05) is 20.2 Å². The van der Waals surface area contributed by atoms with Gasteiger partial charge in [-0.1, -0.05) is 53.5 Å². The topological polar surface area (TPSA) is 15.7 Å². The van der Waals surface area contributed by atoms with Crippen LogP contribution in [0.15, 0.2) is 66.7 Å². The van der Waals surface area contributed by atoms with E-state index in [-0.39, 0.29) is 12.0 Å². The molecule has 1 atom stereocenters. The average Bonchev–Trinajstić information content (AvgIpc) is 3.11. The third-order valence-corrected chi connectivity index (χ3v) is 6.10. The van der Waals surface area contributed by atoms with E-state index in [9.17, 15) is 4.39 Å². The summed E-state index contributed by atoms with van der Waals surface area (Å²) >= 11 is 13.2. The first-order chi connectivity index (χ1) is 14.5. The second-order valence-electron chi connectivity index (χ2n) is 7.43. The average molecular weight is 445 g/mol. The molecule has 30 heavy (non-hydrogen) atoms. The fourth-order valence-electron chi connectivity index (χ4n) is 4.02. The Kier molecular flexibility index (Phi) is 6.59. The minimum atomic E-state index is -0.231. The second-order valence-corrected chi connectivity index (χ2v) is 8.24. The summed E-state index contributed by atoms with van der Waals surface area (Å²) in [5, 5.41) is 1.29.